The summed E-state index contributed by atoms with van der Waals surface area (Å²) in [5.41, 5.74) is -0.169. The van der Waals surface area contributed by atoms with Crippen molar-refractivity contribution in [3.63, 3.8) is 0 Å². The monoisotopic (exact) mass is 386 g/mol. The van der Waals surface area contributed by atoms with Crippen molar-refractivity contribution >= 4 is 33.1 Å². The Morgan fingerprint density at radius 2 is 1.56 bits per heavy atom. The van der Waals surface area contributed by atoms with Crippen molar-refractivity contribution in [1.82, 2.24) is 4.57 Å². The lowest BCUT2D eigenvalue weighted by molar-refractivity contribution is -0.136. The van der Waals surface area contributed by atoms with E-state index in [0.29, 0.717) is 11.5 Å². The van der Waals surface area contributed by atoms with E-state index < -0.39 is 17.2 Å². The second-order valence-corrected chi connectivity index (χ2v) is 6.74. The van der Waals surface area contributed by atoms with E-state index in [2.05, 4.69) is 5.32 Å². The molecule has 7 heteroatoms. The van der Waals surface area contributed by atoms with Crippen molar-refractivity contribution in [3.05, 3.63) is 87.9 Å². The van der Waals surface area contributed by atoms with Gasteiger partial charge in [-0.25, -0.2) is 0 Å². The van der Waals surface area contributed by atoms with Gasteiger partial charge in [-0.1, -0.05) is 36.4 Å². The molecular weight excluding hydrogens is 373 g/mol. The largest absolute Gasteiger partial charge is 0.418 e. The standard InChI is InChI=1S/C20H13F3N2OS/c21-20(22,23)15-12-27-19-18(15)16(26)11-17(24-13-7-3-1-4-8-13)25(19)14-9-5-2-6-10-14/h1-12,24H. The van der Waals surface area contributed by atoms with Gasteiger partial charge in [-0.05, 0) is 24.3 Å². The normalized spacial score (nSPS) is 11.7. The second kappa shape index (κ2) is 6.59. The lowest BCUT2D eigenvalue weighted by Gasteiger charge is -2.17. The Kier molecular flexibility index (Phi) is 4.24. The summed E-state index contributed by atoms with van der Waals surface area (Å²) in [7, 11) is 0. The number of halogens is 3. The number of aromatic nitrogens is 1. The Bertz CT molecular complexity index is 1150. The van der Waals surface area contributed by atoms with Gasteiger partial charge < -0.3 is 5.32 Å². The molecule has 1 N–H and O–H groups in total. The molecule has 0 aliphatic heterocycles. The van der Waals surface area contributed by atoms with Crippen LogP contribution in [0.3, 0.4) is 0 Å². The van der Waals surface area contributed by atoms with Crippen molar-refractivity contribution in [1.29, 1.82) is 0 Å². The number of hydrogen-bond donors (Lipinski definition) is 1. The molecule has 4 rings (SSSR count). The van der Waals surface area contributed by atoms with E-state index in [1.807, 2.05) is 36.4 Å². The molecule has 136 valence electrons. The smallest absolute Gasteiger partial charge is 0.341 e. The molecule has 0 fully saturated rings. The fourth-order valence-electron chi connectivity index (χ4n) is 2.92. The van der Waals surface area contributed by atoms with Crippen molar-refractivity contribution in [2.45, 2.75) is 6.18 Å². The number of nitrogens with one attached hydrogen (secondary N) is 1. The van der Waals surface area contributed by atoms with Gasteiger partial charge in [0.15, 0.2) is 5.43 Å². The van der Waals surface area contributed by atoms with Gasteiger partial charge in [-0.2, -0.15) is 13.2 Å². The predicted molar refractivity (Wildman–Crippen MR) is 102 cm³/mol. The SMILES string of the molecule is O=c1cc(Nc2ccccc2)n(-c2ccccc2)c2scc(C(F)(F)F)c12. The summed E-state index contributed by atoms with van der Waals surface area (Å²) >= 11 is 0.904. The van der Waals surface area contributed by atoms with Gasteiger partial charge >= 0.3 is 6.18 Å². The molecule has 0 aliphatic rings. The van der Waals surface area contributed by atoms with E-state index in [4.69, 9.17) is 0 Å². The Balaban J connectivity index is 2.02. The first-order chi connectivity index (χ1) is 12.9. The molecule has 0 bridgehead atoms. The van der Waals surface area contributed by atoms with Crippen LogP contribution in [0.1, 0.15) is 5.56 Å². The minimum Gasteiger partial charge on any atom is -0.341 e. The summed E-state index contributed by atoms with van der Waals surface area (Å²) in [5.74, 6) is 0.403. The highest BCUT2D eigenvalue weighted by Gasteiger charge is 2.35. The quantitative estimate of drug-likeness (QED) is 0.482. The molecule has 3 nitrogen and oxygen atoms in total. The number of rotatable bonds is 3. The minimum absolute atomic E-state index is 0.249. The summed E-state index contributed by atoms with van der Waals surface area (Å²) in [5, 5.41) is 3.83. The van der Waals surface area contributed by atoms with E-state index in [1.54, 1.807) is 28.8 Å². The first kappa shape index (κ1) is 17.4. The van der Waals surface area contributed by atoms with Crippen LogP contribution in [0.5, 0.6) is 0 Å². The molecule has 27 heavy (non-hydrogen) atoms. The van der Waals surface area contributed by atoms with Crippen LogP contribution in [0.2, 0.25) is 0 Å². The number of anilines is 2. The molecule has 0 atom stereocenters. The fraction of sp³-hybridized carbons (Fsp3) is 0.0500. The Morgan fingerprint density at radius 3 is 2.19 bits per heavy atom. The summed E-state index contributed by atoms with van der Waals surface area (Å²) in [4.78, 5) is 12.8. The molecule has 0 saturated heterocycles. The molecule has 0 radical (unpaired) electrons. The third kappa shape index (κ3) is 3.21. The molecule has 2 aromatic carbocycles. The van der Waals surface area contributed by atoms with Crippen LogP contribution in [0.15, 0.2) is 76.9 Å². The molecular formula is C20H13F3N2OS. The van der Waals surface area contributed by atoms with Gasteiger partial charge in [-0.15, -0.1) is 11.3 Å². The number of pyridine rings is 1. The first-order valence-electron chi connectivity index (χ1n) is 8.07. The van der Waals surface area contributed by atoms with Crippen molar-refractivity contribution in [2.75, 3.05) is 5.32 Å². The van der Waals surface area contributed by atoms with Crippen molar-refractivity contribution < 1.29 is 13.2 Å². The molecule has 0 unspecified atom stereocenters. The number of fused-ring (bicyclic) bond motifs is 1. The van der Waals surface area contributed by atoms with Gasteiger partial charge in [0.1, 0.15) is 10.6 Å². The molecule has 0 spiro atoms. The average Bonchev–Trinajstić information content (AvgIpc) is 3.09. The third-order valence-corrected chi connectivity index (χ3v) is 5.06. The number of hydrogen-bond acceptors (Lipinski definition) is 3. The van der Waals surface area contributed by atoms with Crippen LogP contribution in [0, 0.1) is 0 Å². The Hall–Kier alpha value is -3.06. The topological polar surface area (TPSA) is 34.0 Å². The summed E-state index contributed by atoms with van der Waals surface area (Å²) in [6, 6.07) is 19.4. The van der Waals surface area contributed by atoms with E-state index in [0.717, 1.165) is 22.4 Å². The predicted octanol–water partition coefficient (Wildman–Crippen LogP) is 5.81. The van der Waals surface area contributed by atoms with Gasteiger partial charge in [0.25, 0.3) is 0 Å². The average molecular weight is 386 g/mol. The highest BCUT2D eigenvalue weighted by molar-refractivity contribution is 7.17. The van der Waals surface area contributed by atoms with Crippen LogP contribution < -0.4 is 10.7 Å². The summed E-state index contributed by atoms with van der Waals surface area (Å²) < 4.78 is 41.7. The van der Waals surface area contributed by atoms with Crippen molar-refractivity contribution in [3.8, 4) is 5.69 Å². The van der Waals surface area contributed by atoms with E-state index in [9.17, 15) is 18.0 Å². The number of thiophene rings is 1. The van der Waals surface area contributed by atoms with Gasteiger partial charge in [-0.3, -0.25) is 9.36 Å². The maximum atomic E-state index is 13.4. The number of benzene rings is 2. The number of para-hydroxylation sites is 2. The molecule has 4 aromatic rings. The zero-order valence-electron chi connectivity index (χ0n) is 13.8. The van der Waals surface area contributed by atoms with Crippen molar-refractivity contribution in [2.24, 2.45) is 0 Å². The number of alkyl halides is 3. The van der Waals surface area contributed by atoms with Gasteiger partial charge in [0.05, 0.1) is 10.9 Å². The number of nitrogens with zero attached hydrogens (tertiary/aromatic N) is 1. The van der Waals surface area contributed by atoms with Crippen LogP contribution >= 0.6 is 11.3 Å². The first-order valence-corrected chi connectivity index (χ1v) is 8.95. The Morgan fingerprint density at radius 1 is 0.926 bits per heavy atom. The molecule has 0 aliphatic carbocycles. The van der Waals surface area contributed by atoms with Gasteiger partial charge in [0, 0.05) is 22.8 Å². The summed E-state index contributed by atoms with van der Waals surface area (Å²) in [6.45, 7) is 0. The van der Waals surface area contributed by atoms with Crippen LogP contribution in [0.4, 0.5) is 24.7 Å². The summed E-state index contributed by atoms with van der Waals surface area (Å²) in [6.07, 6.45) is -4.58. The highest BCUT2D eigenvalue weighted by Crippen LogP contribution is 2.39. The lowest BCUT2D eigenvalue weighted by Crippen LogP contribution is -2.14. The van der Waals surface area contributed by atoms with Gasteiger partial charge in [0.2, 0.25) is 0 Å². The van der Waals surface area contributed by atoms with E-state index in [1.165, 1.54) is 6.07 Å². The van der Waals surface area contributed by atoms with Crippen LogP contribution in [0.25, 0.3) is 15.9 Å². The molecule has 2 heterocycles. The molecule has 0 amide bonds. The second-order valence-electron chi connectivity index (χ2n) is 5.88. The lowest BCUT2D eigenvalue weighted by atomic mass is 10.2. The molecule has 2 aromatic heterocycles. The van der Waals surface area contributed by atoms with E-state index in [-0.39, 0.29) is 10.2 Å². The maximum Gasteiger partial charge on any atom is 0.418 e. The molecule has 0 saturated carbocycles. The zero-order valence-corrected chi connectivity index (χ0v) is 14.6. The third-order valence-electron chi connectivity index (χ3n) is 4.10. The van der Waals surface area contributed by atoms with E-state index >= 15 is 0 Å². The zero-order chi connectivity index (χ0) is 19.0. The minimum atomic E-state index is -4.58. The van der Waals surface area contributed by atoms with Crippen LogP contribution in [-0.2, 0) is 6.18 Å². The fourth-order valence-corrected chi connectivity index (χ4v) is 4.04. The highest BCUT2D eigenvalue weighted by atomic mass is 32.1. The Labute approximate surface area is 156 Å². The van der Waals surface area contributed by atoms with Crippen LogP contribution in [-0.4, -0.2) is 4.57 Å². The maximum absolute atomic E-state index is 13.4.